The number of nitrogens with zero attached hydrogens (tertiary/aromatic N) is 2. The molecule has 0 unspecified atom stereocenters. The highest BCUT2D eigenvalue weighted by atomic mass is 19.1. The van der Waals surface area contributed by atoms with E-state index in [2.05, 4.69) is 0 Å². The maximum absolute atomic E-state index is 13.8. The predicted molar refractivity (Wildman–Crippen MR) is 89.0 cm³/mol. The maximum Gasteiger partial charge on any atom is 0.256 e. The molecular formula is C18H17F2N3O2. The van der Waals surface area contributed by atoms with Gasteiger partial charge in [0.25, 0.3) is 11.8 Å². The van der Waals surface area contributed by atoms with Crippen LogP contribution in [0.25, 0.3) is 0 Å². The first-order valence-electron chi connectivity index (χ1n) is 7.85. The zero-order valence-corrected chi connectivity index (χ0v) is 13.4. The fourth-order valence-corrected chi connectivity index (χ4v) is 2.80. The van der Waals surface area contributed by atoms with Gasteiger partial charge in [-0.25, -0.2) is 8.78 Å². The van der Waals surface area contributed by atoms with E-state index in [4.69, 9.17) is 5.73 Å². The summed E-state index contributed by atoms with van der Waals surface area (Å²) in [5.41, 5.74) is 6.52. The molecule has 1 aliphatic heterocycles. The van der Waals surface area contributed by atoms with E-state index in [0.717, 1.165) is 12.1 Å². The van der Waals surface area contributed by atoms with E-state index in [1.807, 2.05) is 0 Å². The zero-order chi connectivity index (χ0) is 18.0. The molecule has 2 aromatic rings. The summed E-state index contributed by atoms with van der Waals surface area (Å²) in [4.78, 5) is 27.9. The molecule has 25 heavy (non-hydrogen) atoms. The van der Waals surface area contributed by atoms with Crippen molar-refractivity contribution in [1.82, 2.24) is 9.80 Å². The van der Waals surface area contributed by atoms with Crippen LogP contribution in [0.1, 0.15) is 20.7 Å². The van der Waals surface area contributed by atoms with E-state index in [1.54, 1.807) is 29.2 Å². The van der Waals surface area contributed by atoms with Crippen LogP contribution in [0.4, 0.5) is 14.5 Å². The minimum absolute atomic E-state index is 0.160. The number of rotatable bonds is 2. The second kappa shape index (κ2) is 6.88. The minimum atomic E-state index is -0.886. The summed E-state index contributed by atoms with van der Waals surface area (Å²) in [5, 5.41) is 0. The van der Waals surface area contributed by atoms with Gasteiger partial charge in [0.2, 0.25) is 0 Å². The third kappa shape index (κ3) is 3.60. The molecule has 0 aliphatic carbocycles. The third-order valence-electron chi connectivity index (χ3n) is 4.15. The molecule has 0 radical (unpaired) electrons. The molecule has 1 fully saturated rings. The van der Waals surface area contributed by atoms with Gasteiger partial charge in [0.1, 0.15) is 11.6 Å². The zero-order valence-electron chi connectivity index (χ0n) is 13.4. The van der Waals surface area contributed by atoms with E-state index >= 15 is 0 Å². The van der Waals surface area contributed by atoms with Crippen molar-refractivity contribution in [1.29, 1.82) is 0 Å². The number of anilines is 1. The van der Waals surface area contributed by atoms with Crippen LogP contribution in [-0.2, 0) is 0 Å². The molecule has 1 heterocycles. The van der Waals surface area contributed by atoms with Gasteiger partial charge in [-0.05, 0) is 30.3 Å². The molecule has 2 N–H and O–H groups in total. The monoisotopic (exact) mass is 345 g/mol. The lowest BCUT2D eigenvalue weighted by atomic mass is 10.1. The molecule has 2 amide bonds. The van der Waals surface area contributed by atoms with Crippen LogP contribution in [0.3, 0.4) is 0 Å². The molecule has 1 aliphatic rings. The lowest BCUT2D eigenvalue weighted by molar-refractivity contribution is 0.0533. The van der Waals surface area contributed by atoms with Gasteiger partial charge >= 0.3 is 0 Å². The van der Waals surface area contributed by atoms with Gasteiger partial charge in [-0.2, -0.15) is 0 Å². The van der Waals surface area contributed by atoms with Crippen LogP contribution in [0.15, 0.2) is 42.5 Å². The highest BCUT2D eigenvalue weighted by molar-refractivity contribution is 5.96. The predicted octanol–water partition coefficient (Wildman–Crippen LogP) is 2.15. The summed E-state index contributed by atoms with van der Waals surface area (Å²) in [5.74, 6) is -2.28. The Morgan fingerprint density at radius 3 is 2.12 bits per heavy atom. The summed E-state index contributed by atoms with van der Waals surface area (Å²) in [6.07, 6.45) is 0. The second-order valence-corrected chi connectivity index (χ2v) is 5.83. The number of halogens is 2. The minimum Gasteiger partial charge on any atom is -0.399 e. The quantitative estimate of drug-likeness (QED) is 0.848. The van der Waals surface area contributed by atoms with Crippen LogP contribution in [0, 0.1) is 11.6 Å². The number of amides is 2. The van der Waals surface area contributed by atoms with Gasteiger partial charge in [0.15, 0.2) is 0 Å². The molecule has 7 heteroatoms. The van der Waals surface area contributed by atoms with Gasteiger partial charge in [0.05, 0.1) is 5.56 Å². The SMILES string of the molecule is Nc1cccc(C(=O)N2CCN(C(=O)c3ccc(F)cc3F)CC2)c1. The first-order valence-corrected chi connectivity index (χ1v) is 7.85. The Bertz CT molecular complexity index is 818. The molecule has 5 nitrogen and oxygen atoms in total. The van der Waals surface area contributed by atoms with E-state index < -0.39 is 17.5 Å². The Balaban J connectivity index is 1.65. The van der Waals surface area contributed by atoms with Crippen LogP contribution in [0.2, 0.25) is 0 Å². The number of hydrogen-bond acceptors (Lipinski definition) is 3. The van der Waals surface area contributed by atoms with Crippen molar-refractivity contribution < 1.29 is 18.4 Å². The molecule has 130 valence electrons. The lowest BCUT2D eigenvalue weighted by Crippen LogP contribution is -2.50. The Morgan fingerprint density at radius 2 is 1.52 bits per heavy atom. The molecule has 0 aromatic heterocycles. The topological polar surface area (TPSA) is 66.6 Å². The number of benzene rings is 2. The number of carbonyl (C=O) groups is 2. The first kappa shape index (κ1) is 16.9. The van der Waals surface area contributed by atoms with Crippen LogP contribution in [0.5, 0.6) is 0 Å². The van der Waals surface area contributed by atoms with Crippen molar-refractivity contribution in [3.8, 4) is 0 Å². The summed E-state index contributed by atoms with van der Waals surface area (Å²) >= 11 is 0. The molecule has 0 saturated carbocycles. The van der Waals surface area contributed by atoms with Gasteiger partial charge in [0, 0.05) is 43.5 Å². The number of nitrogen functional groups attached to an aromatic ring is 1. The van der Waals surface area contributed by atoms with E-state index in [0.29, 0.717) is 30.4 Å². The van der Waals surface area contributed by atoms with Crippen LogP contribution < -0.4 is 5.73 Å². The van der Waals surface area contributed by atoms with Crippen molar-refractivity contribution in [2.75, 3.05) is 31.9 Å². The van der Waals surface area contributed by atoms with Crippen molar-refractivity contribution in [3.63, 3.8) is 0 Å². The summed E-state index contributed by atoms with van der Waals surface area (Å²) in [7, 11) is 0. The molecule has 0 spiro atoms. The van der Waals surface area contributed by atoms with Gasteiger partial charge in [-0.3, -0.25) is 9.59 Å². The fourth-order valence-electron chi connectivity index (χ4n) is 2.80. The van der Waals surface area contributed by atoms with Crippen molar-refractivity contribution in [3.05, 3.63) is 65.2 Å². The Hall–Kier alpha value is -2.96. The van der Waals surface area contributed by atoms with Crippen LogP contribution >= 0.6 is 0 Å². The number of hydrogen-bond donors (Lipinski definition) is 1. The van der Waals surface area contributed by atoms with E-state index in [9.17, 15) is 18.4 Å². The van der Waals surface area contributed by atoms with E-state index in [-0.39, 0.29) is 24.6 Å². The van der Waals surface area contributed by atoms with Crippen molar-refractivity contribution in [2.24, 2.45) is 0 Å². The Labute approximate surface area is 143 Å². The lowest BCUT2D eigenvalue weighted by Gasteiger charge is -2.35. The van der Waals surface area contributed by atoms with Gasteiger partial charge < -0.3 is 15.5 Å². The summed E-state index contributed by atoms with van der Waals surface area (Å²) < 4.78 is 26.7. The second-order valence-electron chi connectivity index (χ2n) is 5.83. The van der Waals surface area contributed by atoms with E-state index in [1.165, 1.54) is 4.90 Å². The molecule has 3 rings (SSSR count). The average Bonchev–Trinajstić information content (AvgIpc) is 2.61. The van der Waals surface area contributed by atoms with Crippen molar-refractivity contribution in [2.45, 2.75) is 0 Å². The largest absolute Gasteiger partial charge is 0.399 e. The highest BCUT2D eigenvalue weighted by Crippen LogP contribution is 2.16. The molecular weight excluding hydrogens is 328 g/mol. The molecule has 0 atom stereocenters. The fraction of sp³-hybridized carbons (Fsp3) is 0.222. The summed E-state index contributed by atoms with van der Waals surface area (Å²) in [6, 6.07) is 9.57. The normalized spacial score (nSPS) is 14.5. The number of nitrogens with two attached hydrogens (primary N) is 1. The number of piperazine rings is 1. The summed E-state index contributed by atoms with van der Waals surface area (Å²) in [6.45, 7) is 1.23. The molecule has 1 saturated heterocycles. The Kier molecular flexibility index (Phi) is 4.65. The Morgan fingerprint density at radius 1 is 0.880 bits per heavy atom. The first-order chi connectivity index (χ1) is 12.0. The van der Waals surface area contributed by atoms with Crippen LogP contribution in [-0.4, -0.2) is 47.8 Å². The smallest absolute Gasteiger partial charge is 0.256 e. The third-order valence-corrected chi connectivity index (χ3v) is 4.15. The standard InChI is InChI=1S/C18H17F2N3O2/c19-13-4-5-15(16(20)11-13)18(25)23-8-6-22(7-9-23)17(24)12-2-1-3-14(21)10-12/h1-5,10-11H,6-9,21H2. The molecule has 0 bridgehead atoms. The van der Waals surface area contributed by atoms with Crippen molar-refractivity contribution >= 4 is 17.5 Å². The number of carbonyl (C=O) groups excluding carboxylic acids is 2. The average molecular weight is 345 g/mol. The van der Waals surface area contributed by atoms with Gasteiger partial charge in [-0.1, -0.05) is 6.07 Å². The highest BCUT2D eigenvalue weighted by Gasteiger charge is 2.27. The molecule has 2 aromatic carbocycles. The maximum atomic E-state index is 13.8. The van der Waals surface area contributed by atoms with Gasteiger partial charge in [-0.15, -0.1) is 0 Å².